The second-order valence-electron chi connectivity index (χ2n) is 6.69. The predicted molar refractivity (Wildman–Crippen MR) is 111 cm³/mol. The zero-order chi connectivity index (χ0) is 19.3. The number of hydrogen-bond donors (Lipinski definition) is 1. The molecule has 0 bridgehead atoms. The number of carbonyl (C=O) groups excluding carboxylic acids is 1. The van der Waals surface area contributed by atoms with Crippen molar-refractivity contribution in [2.24, 2.45) is 5.92 Å². The molecule has 3 aromatic rings. The van der Waals surface area contributed by atoms with Crippen LogP contribution in [0.25, 0.3) is 5.82 Å². The van der Waals surface area contributed by atoms with Gasteiger partial charge in [0, 0.05) is 30.4 Å². The van der Waals surface area contributed by atoms with Gasteiger partial charge in [0.1, 0.15) is 6.33 Å². The maximum atomic E-state index is 12.8. The number of amides is 1. The number of para-hydroxylation sites is 1. The maximum absolute atomic E-state index is 12.8. The van der Waals surface area contributed by atoms with E-state index in [0.29, 0.717) is 6.54 Å². The molecule has 1 fully saturated rings. The highest BCUT2D eigenvalue weighted by molar-refractivity contribution is 7.98. The largest absolute Gasteiger partial charge is 0.354 e. The van der Waals surface area contributed by atoms with Crippen LogP contribution in [-0.2, 0) is 4.79 Å². The van der Waals surface area contributed by atoms with E-state index in [0.717, 1.165) is 41.6 Å². The number of thioether (sulfide) groups is 1. The van der Waals surface area contributed by atoms with Crippen LogP contribution in [0.2, 0.25) is 0 Å². The number of aromatic nitrogens is 4. The number of rotatable bonds is 5. The molecule has 1 aromatic carbocycles. The van der Waals surface area contributed by atoms with Gasteiger partial charge >= 0.3 is 0 Å². The van der Waals surface area contributed by atoms with Crippen LogP contribution in [0.15, 0.2) is 60.0 Å². The summed E-state index contributed by atoms with van der Waals surface area (Å²) in [7, 11) is 0. The third-order valence-electron chi connectivity index (χ3n) is 4.89. The number of nitrogens with zero attached hydrogens (tertiary/aromatic N) is 5. The average molecular weight is 395 g/mol. The molecule has 0 spiro atoms. The third-order valence-corrected chi connectivity index (χ3v) is 5.68. The average Bonchev–Trinajstić information content (AvgIpc) is 3.29. The molecule has 7 nitrogen and oxygen atoms in total. The smallest absolute Gasteiger partial charge is 0.229 e. The molecule has 4 rings (SSSR count). The van der Waals surface area contributed by atoms with Crippen molar-refractivity contribution in [3.63, 3.8) is 0 Å². The molecule has 1 saturated heterocycles. The van der Waals surface area contributed by atoms with Crippen LogP contribution in [0.3, 0.4) is 0 Å². The second kappa shape index (κ2) is 8.43. The SMILES string of the molecule is CSc1ccccc1NC(=O)[C@@H]1CCCN(c2ccc(-n3ccnc3)nn2)C1. The first-order valence-electron chi connectivity index (χ1n) is 9.25. The Labute approximate surface area is 168 Å². The molecule has 2 aromatic heterocycles. The van der Waals surface area contributed by atoms with Gasteiger partial charge in [0.05, 0.1) is 11.6 Å². The van der Waals surface area contributed by atoms with E-state index in [1.54, 1.807) is 24.3 Å². The lowest BCUT2D eigenvalue weighted by molar-refractivity contribution is -0.120. The standard InChI is InChI=1S/C20H22N6OS/c1-28-17-7-3-2-6-16(17)22-20(27)15-5-4-11-25(13-15)18-8-9-19(24-23-18)26-12-10-21-14-26/h2-3,6-10,12,14-15H,4-5,11,13H2,1H3,(H,22,27)/t15-/m1/s1. The molecular formula is C20H22N6OS. The van der Waals surface area contributed by atoms with Crippen molar-refractivity contribution < 1.29 is 4.79 Å². The first-order chi connectivity index (χ1) is 13.7. The van der Waals surface area contributed by atoms with Crippen molar-refractivity contribution >= 4 is 29.2 Å². The Balaban J connectivity index is 1.43. The van der Waals surface area contributed by atoms with Crippen LogP contribution < -0.4 is 10.2 Å². The fourth-order valence-electron chi connectivity index (χ4n) is 3.40. The Morgan fingerprint density at radius 2 is 2.00 bits per heavy atom. The molecule has 0 unspecified atom stereocenters. The summed E-state index contributed by atoms with van der Waals surface area (Å²) in [6.07, 6.45) is 9.07. The maximum Gasteiger partial charge on any atom is 0.229 e. The monoisotopic (exact) mass is 394 g/mol. The minimum absolute atomic E-state index is 0.0641. The van der Waals surface area contributed by atoms with Crippen LogP contribution in [0.5, 0.6) is 0 Å². The lowest BCUT2D eigenvalue weighted by Gasteiger charge is -2.32. The Hall–Kier alpha value is -2.87. The molecule has 1 N–H and O–H groups in total. The Morgan fingerprint density at radius 3 is 2.75 bits per heavy atom. The molecule has 28 heavy (non-hydrogen) atoms. The number of anilines is 2. The third kappa shape index (κ3) is 4.01. The fourth-order valence-corrected chi connectivity index (χ4v) is 3.95. The van der Waals surface area contributed by atoms with Crippen molar-refractivity contribution in [2.45, 2.75) is 17.7 Å². The highest BCUT2D eigenvalue weighted by atomic mass is 32.2. The first-order valence-corrected chi connectivity index (χ1v) is 10.5. The Morgan fingerprint density at radius 1 is 1.18 bits per heavy atom. The molecule has 0 aliphatic carbocycles. The first kappa shape index (κ1) is 18.5. The Bertz CT molecular complexity index is 928. The van der Waals surface area contributed by atoms with Gasteiger partial charge in [-0.05, 0) is 43.4 Å². The predicted octanol–water partition coefficient (Wildman–Crippen LogP) is 3.24. The fraction of sp³-hybridized carbons (Fsp3) is 0.300. The molecule has 1 aliphatic rings. The van der Waals surface area contributed by atoms with Crippen LogP contribution in [0.1, 0.15) is 12.8 Å². The highest BCUT2D eigenvalue weighted by Crippen LogP contribution is 2.27. The highest BCUT2D eigenvalue weighted by Gasteiger charge is 2.27. The van der Waals surface area contributed by atoms with E-state index in [2.05, 4.69) is 25.4 Å². The molecule has 1 amide bonds. The topological polar surface area (TPSA) is 75.9 Å². The van der Waals surface area contributed by atoms with Gasteiger partial charge in [-0.25, -0.2) is 4.98 Å². The van der Waals surface area contributed by atoms with Crippen molar-refractivity contribution in [1.29, 1.82) is 0 Å². The normalized spacial score (nSPS) is 16.8. The summed E-state index contributed by atoms with van der Waals surface area (Å²) in [5, 5.41) is 11.7. The number of hydrogen-bond acceptors (Lipinski definition) is 6. The van der Waals surface area contributed by atoms with E-state index in [-0.39, 0.29) is 11.8 Å². The van der Waals surface area contributed by atoms with E-state index in [4.69, 9.17) is 0 Å². The summed E-state index contributed by atoms with van der Waals surface area (Å²) in [4.78, 5) is 20.1. The molecule has 3 heterocycles. The van der Waals surface area contributed by atoms with Gasteiger partial charge in [-0.1, -0.05) is 12.1 Å². The van der Waals surface area contributed by atoms with Crippen LogP contribution in [0.4, 0.5) is 11.5 Å². The molecule has 0 saturated carbocycles. The van der Waals surface area contributed by atoms with Crippen molar-refractivity contribution in [2.75, 3.05) is 29.6 Å². The molecule has 0 radical (unpaired) electrons. The van der Waals surface area contributed by atoms with Gasteiger partial charge in [0.25, 0.3) is 0 Å². The number of nitrogens with one attached hydrogen (secondary N) is 1. The molecular weight excluding hydrogens is 372 g/mol. The molecule has 8 heteroatoms. The zero-order valence-corrected chi connectivity index (χ0v) is 16.5. The van der Waals surface area contributed by atoms with Crippen molar-refractivity contribution in [1.82, 2.24) is 19.7 Å². The summed E-state index contributed by atoms with van der Waals surface area (Å²) < 4.78 is 1.81. The van der Waals surface area contributed by atoms with Gasteiger partial charge in [0.2, 0.25) is 5.91 Å². The van der Waals surface area contributed by atoms with Gasteiger partial charge in [-0.15, -0.1) is 22.0 Å². The second-order valence-corrected chi connectivity index (χ2v) is 7.54. The van der Waals surface area contributed by atoms with E-state index < -0.39 is 0 Å². The lowest BCUT2D eigenvalue weighted by atomic mass is 9.97. The number of piperidine rings is 1. The van der Waals surface area contributed by atoms with E-state index in [1.807, 2.05) is 53.4 Å². The molecule has 144 valence electrons. The zero-order valence-electron chi connectivity index (χ0n) is 15.7. The molecule has 1 atom stereocenters. The minimum atomic E-state index is -0.0706. The summed E-state index contributed by atoms with van der Waals surface area (Å²) in [6, 6.07) is 11.8. The minimum Gasteiger partial charge on any atom is -0.354 e. The Kier molecular flexibility index (Phi) is 5.57. The number of benzene rings is 1. The summed E-state index contributed by atoms with van der Waals surface area (Å²) in [5.41, 5.74) is 0.876. The van der Waals surface area contributed by atoms with E-state index in [9.17, 15) is 4.79 Å². The van der Waals surface area contributed by atoms with Gasteiger partial charge in [-0.2, -0.15) is 0 Å². The van der Waals surface area contributed by atoms with Crippen LogP contribution >= 0.6 is 11.8 Å². The van der Waals surface area contributed by atoms with Crippen molar-refractivity contribution in [3.8, 4) is 5.82 Å². The molecule has 1 aliphatic heterocycles. The summed E-state index contributed by atoms with van der Waals surface area (Å²) >= 11 is 1.63. The van der Waals surface area contributed by atoms with Crippen LogP contribution in [0, 0.1) is 5.92 Å². The number of carbonyl (C=O) groups is 1. The van der Waals surface area contributed by atoms with Gasteiger partial charge in [-0.3, -0.25) is 9.36 Å². The van der Waals surface area contributed by atoms with Crippen LogP contribution in [-0.4, -0.2) is 45.0 Å². The van der Waals surface area contributed by atoms with E-state index in [1.165, 1.54) is 0 Å². The van der Waals surface area contributed by atoms with Gasteiger partial charge < -0.3 is 10.2 Å². The summed E-state index contributed by atoms with van der Waals surface area (Å²) in [6.45, 7) is 1.52. The number of imidazole rings is 1. The quantitative estimate of drug-likeness (QED) is 0.670. The van der Waals surface area contributed by atoms with E-state index >= 15 is 0 Å². The lowest BCUT2D eigenvalue weighted by Crippen LogP contribution is -2.41. The summed E-state index contributed by atoms with van der Waals surface area (Å²) in [5.74, 6) is 1.51. The van der Waals surface area contributed by atoms with Gasteiger partial charge in [0.15, 0.2) is 11.6 Å². The van der Waals surface area contributed by atoms with Crippen molar-refractivity contribution in [3.05, 3.63) is 55.1 Å².